The van der Waals surface area contributed by atoms with Crippen LogP contribution in [0.2, 0.25) is 0 Å². The first kappa shape index (κ1) is 22.3. The van der Waals surface area contributed by atoms with Gasteiger partial charge in [0.15, 0.2) is 5.65 Å². The number of thiophene rings is 1. The lowest BCUT2D eigenvalue weighted by Gasteiger charge is -2.27. The fourth-order valence-corrected chi connectivity index (χ4v) is 5.25. The summed E-state index contributed by atoms with van der Waals surface area (Å²) >= 11 is 1.76. The number of amides is 2. The first-order valence-electron chi connectivity index (χ1n) is 10.9. The van der Waals surface area contributed by atoms with E-state index in [2.05, 4.69) is 26.8 Å². The van der Waals surface area contributed by atoms with Gasteiger partial charge in [-0.2, -0.15) is 0 Å². The van der Waals surface area contributed by atoms with Crippen LogP contribution < -0.4 is 10.1 Å². The normalized spacial score (nSPS) is 13.3. The lowest BCUT2D eigenvalue weighted by Crippen LogP contribution is -2.37. The summed E-state index contributed by atoms with van der Waals surface area (Å²) in [6.45, 7) is 5.76. The van der Waals surface area contributed by atoms with E-state index in [4.69, 9.17) is 4.74 Å². The van der Waals surface area contributed by atoms with Crippen molar-refractivity contribution in [3.05, 3.63) is 38.7 Å². The molecule has 4 heterocycles. The second-order valence-corrected chi connectivity index (χ2v) is 9.17. The van der Waals surface area contributed by atoms with Gasteiger partial charge in [0.05, 0.1) is 12.5 Å². The predicted molar refractivity (Wildman–Crippen MR) is 124 cm³/mol. The maximum atomic E-state index is 12.5. The summed E-state index contributed by atoms with van der Waals surface area (Å²) in [5.74, 6) is 0.574. The van der Waals surface area contributed by atoms with Gasteiger partial charge in [-0.3, -0.25) is 9.59 Å². The number of carbonyl (C=O) groups excluding carboxylic acids is 2. The Kier molecular flexibility index (Phi) is 6.45. The van der Waals surface area contributed by atoms with E-state index in [0.717, 1.165) is 40.8 Å². The highest BCUT2D eigenvalue weighted by Crippen LogP contribution is 2.30. The van der Waals surface area contributed by atoms with Gasteiger partial charge >= 0.3 is 0 Å². The van der Waals surface area contributed by atoms with Crippen molar-refractivity contribution in [3.63, 3.8) is 0 Å². The van der Waals surface area contributed by atoms with E-state index in [1.165, 1.54) is 10.4 Å². The Morgan fingerprint density at radius 2 is 2.09 bits per heavy atom. The Labute approximate surface area is 191 Å². The Bertz CT molecular complexity index is 1170. The first-order chi connectivity index (χ1) is 15.4. The van der Waals surface area contributed by atoms with Gasteiger partial charge in [0.25, 0.3) is 0 Å². The quantitative estimate of drug-likeness (QED) is 0.592. The molecule has 0 saturated carbocycles. The van der Waals surface area contributed by atoms with Gasteiger partial charge in [0, 0.05) is 50.1 Å². The number of fused-ring (bicyclic) bond motifs is 2. The number of carbonyl (C=O) groups is 2. The number of nitrogens with one attached hydrogen (secondary N) is 1. The number of nitrogens with zero attached hydrogens (tertiary/aromatic N) is 4. The molecule has 9 heteroatoms. The number of hydrogen-bond acceptors (Lipinski definition) is 6. The molecular weight excluding hydrogens is 426 g/mol. The molecule has 0 radical (unpaired) electrons. The van der Waals surface area contributed by atoms with E-state index < -0.39 is 0 Å². The first-order valence-corrected chi connectivity index (χ1v) is 11.7. The van der Waals surface area contributed by atoms with Crippen molar-refractivity contribution in [3.8, 4) is 5.88 Å². The van der Waals surface area contributed by atoms with E-state index in [-0.39, 0.29) is 11.8 Å². The van der Waals surface area contributed by atoms with Crippen LogP contribution >= 0.6 is 11.3 Å². The third-order valence-corrected chi connectivity index (χ3v) is 7.16. The Morgan fingerprint density at radius 1 is 1.28 bits per heavy atom. The molecule has 0 saturated heterocycles. The van der Waals surface area contributed by atoms with Crippen molar-refractivity contribution < 1.29 is 14.3 Å². The molecule has 3 aromatic rings. The molecule has 0 unspecified atom stereocenters. The summed E-state index contributed by atoms with van der Waals surface area (Å²) in [5.41, 5.74) is 4.99. The van der Waals surface area contributed by atoms with Gasteiger partial charge in [-0.05, 0) is 54.8 Å². The molecule has 1 N–H and O–H groups in total. The van der Waals surface area contributed by atoms with Gasteiger partial charge < -0.3 is 15.0 Å². The second kappa shape index (κ2) is 9.28. The zero-order valence-electron chi connectivity index (χ0n) is 19.0. The molecule has 1 aliphatic heterocycles. The molecule has 3 aromatic heterocycles. The molecule has 2 amide bonds. The maximum Gasteiger partial charge on any atom is 0.242 e. The van der Waals surface area contributed by atoms with Gasteiger partial charge in [-0.25, -0.2) is 9.67 Å². The number of aryl methyl sites for hydroxylation is 3. The van der Waals surface area contributed by atoms with Crippen molar-refractivity contribution in [2.75, 3.05) is 20.2 Å². The lowest BCUT2D eigenvalue weighted by atomic mass is 10.00. The molecule has 0 spiro atoms. The highest BCUT2D eigenvalue weighted by molar-refractivity contribution is 7.10. The molecular formula is C23H29N5O3S. The smallest absolute Gasteiger partial charge is 0.242 e. The second-order valence-electron chi connectivity index (χ2n) is 8.17. The van der Waals surface area contributed by atoms with Crippen molar-refractivity contribution >= 4 is 34.2 Å². The molecule has 0 aromatic carbocycles. The van der Waals surface area contributed by atoms with E-state index in [9.17, 15) is 9.59 Å². The highest BCUT2D eigenvalue weighted by Gasteiger charge is 2.21. The van der Waals surface area contributed by atoms with Crippen LogP contribution in [0.4, 0.5) is 0 Å². The van der Waals surface area contributed by atoms with Crippen molar-refractivity contribution in [1.29, 1.82) is 0 Å². The largest absolute Gasteiger partial charge is 0.479 e. The van der Waals surface area contributed by atoms with Crippen LogP contribution in [0.1, 0.15) is 40.1 Å². The zero-order valence-corrected chi connectivity index (χ0v) is 19.8. The standard InChI is InChI=1S/C23H29N5O3S/c1-14-17(15(2)25-22-21(14)23(31-4)26-27(22)3)5-6-19(29)24-10-7-20(30)28-11-8-18-16(13-28)9-12-32-18/h9,12H,5-8,10-11,13H2,1-4H3,(H,24,29). The fourth-order valence-electron chi connectivity index (χ4n) is 4.36. The average molecular weight is 456 g/mol. The number of pyridine rings is 1. The summed E-state index contributed by atoms with van der Waals surface area (Å²) in [5, 5.41) is 10.2. The molecule has 1 aliphatic rings. The summed E-state index contributed by atoms with van der Waals surface area (Å²) in [7, 11) is 3.44. The number of rotatable bonds is 7. The third-order valence-electron chi connectivity index (χ3n) is 6.14. The van der Waals surface area contributed by atoms with Crippen LogP contribution in [0.25, 0.3) is 11.0 Å². The van der Waals surface area contributed by atoms with Crippen LogP contribution in [-0.2, 0) is 36.0 Å². The highest BCUT2D eigenvalue weighted by atomic mass is 32.1. The summed E-state index contributed by atoms with van der Waals surface area (Å²) in [6, 6.07) is 2.10. The summed E-state index contributed by atoms with van der Waals surface area (Å²) in [4.78, 5) is 32.9. The molecule has 0 bridgehead atoms. The third kappa shape index (κ3) is 4.34. The number of ether oxygens (including phenoxy) is 1. The van der Waals surface area contributed by atoms with Crippen LogP contribution in [0.15, 0.2) is 11.4 Å². The molecule has 8 nitrogen and oxygen atoms in total. The minimum atomic E-state index is -0.0615. The fraction of sp³-hybridized carbons (Fsp3) is 0.478. The zero-order chi connectivity index (χ0) is 22.8. The monoisotopic (exact) mass is 455 g/mol. The molecule has 0 atom stereocenters. The van der Waals surface area contributed by atoms with E-state index >= 15 is 0 Å². The van der Waals surface area contributed by atoms with Gasteiger partial charge in [-0.15, -0.1) is 16.4 Å². The maximum absolute atomic E-state index is 12.5. The molecule has 0 fully saturated rings. The number of methoxy groups -OCH3 is 1. The van der Waals surface area contributed by atoms with Crippen LogP contribution in [-0.4, -0.2) is 51.7 Å². The summed E-state index contributed by atoms with van der Waals surface area (Å²) < 4.78 is 7.11. The van der Waals surface area contributed by atoms with Crippen LogP contribution in [0.5, 0.6) is 5.88 Å². The topological polar surface area (TPSA) is 89.3 Å². The van der Waals surface area contributed by atoms with Gasteiger partial charge in [0.1, 0.15) is 0 Å². The average Bonchev–Trinajstić information content (AvgIpc) is 3.37. The van der Waals surface area contributed by atoms with Crippen molar-refractivity contribution in [2.45, 2.75) is 46.1 Å². The van der Waals surface area contributed by atoms with Crippen LogP contribution in [0.3, 0.4) is 0 Å². The Hall–Kier alpha value is -2.94. The van der Waals surface area contributed by atoms with Gasteiger partial charge in [-0.1, -0.05) is 0 Å². The minimum Gasteiger partial charge on any atom is -0.479 e. The van der Waals surface area contributed by atoms with Crippen LogP contribution in [0, 0.1) is 13.8 Å². The predicted octanol–water partition coefficient (Wildman–Crippen LogP) is 2.68. The molecule has 0 aliphatic carbocycles. The SMILES string of the molecule is COc1nn(C)c2nc(C)c(CCC(=O)NCCC(=O)N3CCc4sccc4C3)c(C)c12. The van der Waals surface area contributed by atoms with E-state index in [1.807, 2.05) is 25.8 Å². The number of aromatic nitrogens is 3. The number of hydrogen-bond donors (Lipinski definition) is 1. The summed E-state index contributed by atoms with van der Waals surface area (Å²) in [6.07, 6.45) is 2.16. The lowest BCUT2D eigenvalue weighted by molar-refractivity contribution is -0.132. The van der Waals surface area contributed by atoms with E-state index in [1.54, 1.807) is 23.1 Å². The van der Waals surface area contributed by atoms with Crippen molar-refractivity contribution in [1.82, 2.24) is 25.0 Å². The Balaban J connectivity index is 1.30. The minimum absolute atomic E-state index is 0.0615. The van der Waals surface area contributed by atoms with Crippen molar-refractivity contribution in [2.24, 2.45) is 7.05 Å². The van der Waals surface area contributed by atoms with Gasteiger partial charge in [0.2, 0.25) is 17.7 Å². The Morgan fingerprint density at radius 3 is 2.88 bits per heavy atom. The van der Waals surface area contributed by atoms with E-state index in [0.29, 0.717) is 38.2 Å². The molecule has 4 rings (SSSR count). The molecule has 32 heavy (non-hydrogen) atoms. The molecule has 170 valence electrons.